The zero-order valence-electron chi connectivity index (χ0n) is 11.6. The second-order valence-corrected chi connectivity index (χ2v) is 5.96. The van der Waals surface area contributed by atoms with Gasteiger partial charge in [0.05, 0.1) is 11.1 Å². The van der Waals surface area contributed by atoms with Crippen molar-refractivity contribution >= 4 is 21.7 Å². The summed E-state index contributed by atoms with van der Waals surface area (Å²) in [6.07, 6.45) is 0.188. The number of carbonyl (C=O) groups is 1. The molecule has 1 atom stereocenters. The highest BCUT2D eigenvalue weighted by Crippen LogP contribution is 2.28. The summed E-state index contributed by atoms with van der Waals surface area (Å²) in [7, 11) is 0. The smallest absolute Gasteiger partial charge is 0.193 e. The van der Waals surface area contributed by atoms with E-state index in [0.29, 0.717) is 23.5 Å². The molecule has 0 amide bonds. The van der Waals surface area contributed by atoms with Crippen molar-refractivity contribution in [3.05, 3.63) is 63.6 Å². The van der Waals surface area contributed by atoms with Gasteiger partial charge in [0, 0.05) is 11.1 Å². The van der Waals surface area contributed by atoms with Gasteiger partial charge < -0.3 is 9.47 Å². The van der Waals surface area contributed by atoms with Crippen LogP contribution in [-0.2, 0) is 4.74 Å². The summed E-state index contributed by atoms with van der Waals surface area (Å²) in [5.74, 6) is 0.665. The highest BCUT2D eigenvalue weighted by atomic mass is 79.9. The first-order chi connectivity index (χ1) is 10.1. The summed E-state index contributed by atoms with van der Waals surface area (Å²) < 4.78 is 11.6. The molecule has 0 aromatic heterocycles. The molecule has 2 aromatic carbocycles. The Bertz CT molecular complexity index is 660. The van der Waals surface area contributed by atoms with Gasteiger partial charge in [0.25, 0.3) is 0 Å². The molecule has 1 aliphatic rings. The molecule has 1 fully saturated rings. The Hall–Kier alpha value is -1.65. The normalized spacial score (nSPS) is 16.6. The van der Waals surface area contributed by atoms with E-state index in [1.54, 1.807) is 12.1 Å². The fourth-order valence-electron chi connectivity index (χ4n) is 1.97. The predicted molar refractivity (Wildman–Crippen MR) is 84.0 cm³/mol. The second-order valence-electron chi connectivity index (χ2n) is 5.11. The van der Waals surface area contributed by atoms with Crippen molar-refractivity contribution in [2.45, 2.75) is 13.0 Å². The Morgan fingerprint density at radius 1 is 1.24 bits per heavy atom. The van der Waals surface area contributed by atoms with Gasteiger partial charge in [-0.25, -0.2) is 0 Å². The zero-order chi connectivity index (χ0) is 14.8. The lowest BCUT2D eigenvalue weighted by Crippen LogP contribution is -2.06. The Balaban J connectivity index is 1.81. The number of carbonyl (C=O) groups excluding carboxylic acids is 1. The van der Waals surface area contributed by atoms with E-state index >= 15 is 0 Å². The second kappa shape index (κ2) is 6.00. The van der Waals surface area contributed by atoms with Gasteiger partial charge in [-0.2, -0.15) is 0 Å². The van der Waals surface area contributed by atoms with Crippen molar-refractivity contribution in [1.29, 1.82) is 0 Å². The van der Waals surface area contributed by atoms with Crippen molar-refractivity contribution in [2.24, 2.45) is 0 Å². The van der Waals surface area contributed by atoms with Gasteiger partial charge in [0.2, 0.25) is 0 Å². The Labute approximate surface area is 132 Å². The van der Waals surface area contributed by atoms with Gasteiger partial charge in [-0.15, -0.1) is 0 Å². The van der Waals surface area contributed by atoms with Gasteiger partial charge >= 0.3 is 0 Å². The molecule has 0 aliphatic carbocycles. The van der Waals surface area contributed by atoms with Crippen molar-refractivity contribution in [3.8, 4) is 5.75 Å². The summed E-state index contributed by atoms with van der Waals surface area (Å²) in [6, 6.07) is 13.0. The van der Waals surface area contributed by atoms with Crippen molar-refractivity contribution in [3.63, 3.8) is 0 Å². The number of hydrogen-bond donors (Lipinski definition) is 0. The van der Waals surface area contributed by atoms with Gasteiger partial charge in [-0.05, 0) is 41.1 Å². The lowest BCUT2D eigenvalue weighted by Gasteiger charge is -2.09. The van der Waals surface area contributed by atoms with Crippen molar-refractivity contribution < 1.29 is 14.3 Å². The highest BCUT2D eigenvalue weighted by Gasteiger charge is 2.23. The van der Waals surface area contributed by atoms with Crippen LogP contribution in [0.4, 0.5) is 0 Å². The SMILES string of the molecule is Cc1ccc(C(=O)c2ccc(Br)c(OCC3CO3)c2)cc1. The molecule has 21 heavy (non-hydrogen) atoms. The molecule has 0 saturated carbocycles. The van der Waals surface area contributed by atoms with E-state index < -0.39 is 0 Å². The summed E-state index contributed by atoms with van der Waals surface area (Å²) in [6.45, 7) is 3.26. The van der Waals surface area contributed by atoms with E-state index in [-0.39, 0.29) is 11.9 Å². The van der Waals surface area contributed by atoms with Crippen LogP contribution in [-0.4, -0.2) is 25.1 Å². The molecule has 3 nitrogen and oxygen atoms in total. The summed E-state index contributed by atoms with van der Waals surface area (Å²) in [4.78, 5) is 12.5. The quantitative estimate of drug-likeness (QED) is 0.611. The minimum absolute atomic E-state index is 0.00461. The monoisotopic (exact) mass is 346 g/mol. The number of halogens is 1. The average Bonchev–Trinajstić information content (AvgIpc) is 3.31. The van der Waals surface area contributed by atoms with E-state index in [0.717, 1.165) is 16.6 Å². The van der Waals surface area contributed by atoms with E-state index in [9.17, 15) is 4.79 Å². The molecule has 3 rings (SSSR count). The number of benzene rings is 2. The number of ketones is 1. The van der Waals surface area contributed by atoms with Crippen LogP contribution in [0.1, 0.15) is 21.5 Å². The van der Waals surface area contributed by atoms with Crippen LogP contribution >= 0.6 is 15.9 Å². The first kappa shape index (κ1) is 14.3. The molecule has 108 valence electrons. The fourth-order valence-corrected chi connectivity index (χ4v) is 2.33. The zero-order valence-corrected chi connectivity index (χ0v) is 13.2. The number of ether oxygens (including phenoxy) is 2. The topological polar surface area (TPSA) is 38.8 Å². The first-order valence-electron chi connectivity index (χ1n) is 6.79. The molecule has 2 aromatic rings. The molecule has 0 N–H and O–H groups in total. The van der Waals surface area contributed by atoms with Crippen LogP contribution in [0.15, 0.2) is 46.9 Å². The van der Waals surface area contributed by atoms with E-state index in [2.05, 4.69) is 15.9 Å². The molecule has 1 aliphatic heterocycles. The minimum atomic E-state index is -0.00461. The standard InChI is InChI=1S/C17H15BrO3/c1-11-2-4-12(5-3-11)17(19)13-6-7-15(18)16(8-13)21-10-14-9-20-14/h2-8,14H,9-10H2,1H3. The number of aryl methyl sites for hydroxylation is 1. The van der Waals surface area contributed by atoms with Gasteiger partial charge in [-0.1, -0.05) is 29.8 Å². The fraction of sp³-hybridized carbons (Fsp3) is 0.235. The maximum atomic E-state index is 12.5. The van der Waals surface area contributed by atoms with Crippen LogP contribution < -0.4 is 4.74 Å². The van der Waals surface area contributed by atoms with Gasteiger partial charge in [0.15, 0.2) is 5.78 Å². The van der Waals surface area contributed by atoms with Crippen LogP contribution in [0.2, 0.25) is 0 Å². The first-order valence-corrected chi connectivity index (χ1v) is 7.58. The Morgan fingerprint density at radius 2 is 1.90 bits per heavy atom. The van der Waals surface area contributed by atoms with Gasteiger partial charge in [0.1, 0.15) is 18.5 Å². The molecular weight excluding hydrogens is 332 g/mol. The Kier molecular flexibility index (Phi) is 4.08. The average molecular weight is 347 g/mol. The van der Waals surface area contributed by atoms with Crippen LogP contribution in [0, 0.1) is 6.92 Å². The van der Waals surface area contributed by atoms with Crippen molar-refractivity contribution in [2.75, 3.05) is 13.2 Å². The molecule has 0 bridgehead atoms. The van der Waals surface area contributed by atoms with Crippen LogP contribution in [0.5, 0.6) is 5.75 Å². The molecule has 4 heteroatoms. The Morgan fingerprint density at radius 3 is 2.57 bits per heavy atom. The van der Waals surface area contributed by atoms with Gasteiger partial charge in [-0.3, -0.25) is 4.79 Å². The lowest BCUT2D eigenvalue weighted by atomic mass is 10.0. The third kappa shape index (κ3) is 3.52. The van der Waals surface area contributed by atoms with E-state index in [4.69, 9.17) is 9.47 Å². The van der Waals surface area contributed by atoms with E-state index in [1.807, 2.05) is 37.3 Å². The molecule has 1 saturated heterocycles. The number of hydrogen-bond acceptors (Lipinski definition) is 3. The van der Waals surface area contributed by atoms with E-state index in [1.165, 1.54) is 0 Å². The number of epoxide rings is 1. The van der Waals surface area contributed by atoms with Crippen LogP contribution in [0.25, 0.3) is 0 Å². The summed E-state index contributed by atoms with van der Waals surface area (Å²) in [5.41, 5.74) is 2.43. The lowest BCUT2D eigenvalue weighted by molar-refractivity contribution is 0.103. The van der Waals surface area contributed by atoms with Crippen LogP contribution in [0.3, 0.4) is 0 Å². The summed E-state index contributed by atoms with van der Waals surface area (Å²) >= 11 is 3.44. The minimum Gasteiger partial charge on any atom is -0.490 e. The molecule has 0 spiro atoms. The maximum Gasteiger partial charge on any atom is 0.193 e. The highest BCUT2D eigenvalue weighted by molar-refractivity contribution is 9.10. The van der Waals surface area contributed by atoms with Crippen molar-refractivity contribution in [1.82, 2.24) is 0 Å². The largest absolute Gasteiger partial charge is 0.490 e. The molecule has 1 unspecified atom stereocenters. The molecule has 0 radical (unpaired) electrons. The summed E-state index contributed by atoms with van der Waals surface area (Å²) in [5, 5.41) is 0. The third-order valence-electron chi connectivity index (χ3n) is 3.33. The third-order valence-corrected chi connectivity index (χ3v) is 3.99. The maximum absolute atomic E-state index is 12.5. The predicted octanol–water partition coefficient (Wildman–Crippen LogP) is 3.77. The number of rotatable bonds is 5. The molecular formula is C17H15BrO3. The molecule has 1 heterocycles.